The van der Waals surface area contributed by atoms with Gasteiger partial charge in [0.1, 0.15) is 0 Å². The molecule has 100 valence electrons. The number of benzene rings is 2. The van der Waals surface area contributed by atoms with Crippen LogP contribution in [0.5, 0.6) is 0 Å². The third-order valence-corrected chi connectivity index (χ3v) is 2.88. The van der Waals surface area contributed by atoms with Crippen molar-refractivity contribution in [1.29, 1.82) is 0 Å². The van der Waals surface area contributed by atoms with E-state index in [1.165, 1.54) is 6.07 Å². The van der Waals surface area contributed by atoms with Crippen LogP contribution in [0.15, 0.2) is 48.5 Å². The van der Waals surface area contributed by atoms with Crippen molar-refractivity contribution in [3.8, 4) is 0 Å². The molecule has 0 fully saturated rings. The molecule has 2 N–H and O–H groups in total. The number of nitrogens with two attached hydrogens (primary N) is 1. The number of hydrogen-bond donors (Lipinski definition) is 1. The maximum absolute atomic E-state index is 13.3. The zero-order valence-electron chi connectivity index (χ0n) is 10.5. The van der Waals surface area contributed by atoms with Gasteiger partial charge in [-0.25, -0.2) is 8.78 Å². The number of hydrogen-bond acceptors (Lipinski definition) is 2. The Hall–Kier alpha value is -1.94. The van der Waals surface area contributed by atoms with Crippen LogP contribution in [0.4, 0.5) is 14.5 Å². The topological polar surface area (TPSA) is 29.3 Å². The Labute approximate surface area is 111 Å². The van der Waals surface area contributed by atoms with E-state index in [4.69, 9.17) is 5.73 Å². The SMILES string of the molecule is NCCN(Cc1ccccc1)c1ccc(F)c(F)c1. The van der Waals surface area contributed by atoms with Gasteiger partial charge in [-0.1, -0.05) is 30.3 Å². The summed E-state index contributed by atoms with van der Waals surface area (Å²) >= 11 is 0. The molecular formula is C15H16F2N2. The summed E-state index contributed by atoms with van der Waals surface area (Å²) in [5, 5.41) is 0. The number of nitrogens with zero attached hydrogens (tertiary/aromatic N) is 1. The summed E-state index contributed by atoms with van der Waals surface area (Å²) in [5.74, 6) is -1.68. The highest BCUT2D eigenvalue weighted by atomic mass is 19.2. The molecule has 2 nitrogen and oxygen atoms in total. The van der Waals surface area contributed by atoms with Crippen LogP contribution in [-0.4, -0.2) is 13.1 Å². The zero-order chi connectivity index (χ0) is 13.7. The maximum Gasteiger partial charge on any atom is 0.160 e. The monoisotopic (exact) mass is 262 g/mol. The van der Waals surface area contributed by atoms with E-state index in [2.05, 4.69) is 0 Å². The Morgan fingerprint density at radius 1 is 0.947 bits per heavy atom. The van der Waals surface area contributed by atoms with Gasteiger partial charge in [-0.15, -0.1) is 0 Å². The van der Waals surface area contributed by atoms with Crippen LogP contribution in [0, 0.1) is 11.6 Å². The first-order valence-corrected chi connectivity index (χ1v) is 6.14. The van der Waals surface area contributed by atoms with Crippen molar-refractivity contribution in [3.05, 3.63) is 65.7 Å². The zero-order valence-corrected chi connectivity index (χ0v) is 10.5. The molecule has 2 aromatic rings. The fourth-order valence-electron chi connectivity index (χ4n) is 1.94. The van der Waals surface area contributed by atoms with Crippen molar-refractivity contribution in [1.82, 2.24) is 0 Å². The average Bonchev–Trinajstić information content (AvgIpc) is 2.43. The van der Waals surface area contributed by atoms with E-state index in [9.17, 15) is 8.78 Å². The Bertz CT molecular complexity index is 529. The smallest absolute Gasteiger partial charge is 0.160 e. The molecule has 0 amide bonds. The fraction of sp³-hybridized carbons (Fsp3) is 0.200. The standard InChI is InChI=1S/C15H16F2N2/c16-14-7-6-13(10-15(14)17)19(9-8-18)11-12-4-2-1-3-5-12/h1-7,10H,8-9,11,18H2. The summed E-state index contributed by atoms with van der Waals surface area (Å²) in [6, 6.07) is 13.7. The molecule has 2 aromatic carbocycles. The lowest BCUT2D eigenvalue weighted by Crippen LogP contribution is -2.29. The molecule has 0 atom stereocenters. The quantitative estimate of drug-likeness (QED) is 0.897. The van der Waals surface area contributed by atoms with E-state index >= 15 is 0 Å². The van der Waals surface area contributed by atoms with Crippen LogP contribution in [0.25, 0.3) is 0 Å². The maximum atomic E-state index is 13.3. The van der Waals surface area contributed by atoms with Crippen molar-refractivity contribution in [2.24, 2.45) is 5.73 Å². The third kappa shape index (κ3) is 3.51. The fourth-order valence-corrected chi connectivity index (χ4v) is 1.94. The van der Waals surface area contributed by atoms with E-state index in [0.29, 0.717) is 25.3 Å². The molecule has 0 aliphatic heterocycles. The number of anilines is 1. The molecule has 0 aliphatic rings. The molecule has 0 saturated carbocycles. The number of halogens is 2. The van der Waals surface area contributed by atoms with Gasteiger partial charge in [-0.05, 0) is 17.7 Å². The first-order chi connectivity index (χ1) is 9.20. The van der Waals surface area contributed by atoms with Gasteiger partial charge in [0.05, 0.1) is 0 Å². The van der Waals surface area contributed by atoms with Gasteiger partial charge in [0.15, 0.2) is 11.6 Å². The van der Waals surface area contributed by atoms with E-state index in [-0.39, 0.29) is 0 Å². The molecule has 0 aromatic heterocycles. The highest BCUT2D eigenvalue weighted by Crippen LogP contribution is 2.19. The second-order valence-corrected chi connectivity index (χ2v) is 4.29. The number of rotatable bonds is 5. The average molecular weight is 262 g/mol. The lowest BCUT2D eigenvalue weighted by atomic mass is 10.2. The van der Waals surface area contributed by atoms with Crippen LogP contribution < -0.4 is 10.6 Å². The van der Waals surface area contributed by atoms with Gasteiger partial charge in [0.25, 0.3) is 0 Å². The molecule has 0 unspecified atom stereocenters. The summed E-state index contributed by atoms with van der Waals surface area (Å²) in [6.07, 6.45) is 0. The first-order valence-electron chi connectivity index (χ1n) is 6.14. The molecule has 0 spiro atoms. The highest BCUT2D eigenvalue weighted by molar-refractivity contribution is 5.47. The van der Waals surface area contributed by atoms with Gasteiger partial charge in [0.2, 0.25) is 0 Å². The molecule has 0 bridgehead atoms. The molecule has 4 heteroatoms. The van der Waals surface area contributed by atoms with Crippen molar-refractivity contribution in [3.63, 3.8) is 0 Å². The van der Waals surface area contributed by atoms with Gasteiger partial charge < -0.3 is 10.6 Å². The van der Waals surface area contributed by atoms with Crippen LogP contribution in [0.1, 0.15) is 5.56 Å². The molecule has 0 saturated heterocycles. The summed E-state index contributed by atoms with van der Waals surface area (Å²) in [7, 11) is 0. The minimum atomic E-state index is -0.840. The normalized spacial score (nSPS) is 10.5. The van der Waals surface area contributed by atoms with Crippen molar-refractivity contribution in [2.75, 3.05) is 18.0 Å². The summed E-state index contributed by atoms with van der Waals surface area (Å²) < 4.78 is 26.2. The molecule has 2 rings (SSSR count). The van der Waals surface area contributed by atoms with Crippen LogP contribution in [0.2, 0.25) is 0 Å². The molecular weight excluding hydrogens is 246 g/mol. The summed E-state index contributed by atoms with van der Waals surface area (Å²) in [5.41, 5.74) is 7.31. The van der Waals surface area contributed by atoms with Crippen LogP contribution in [-0.2, 0) is 6.54 Å². The Morgan fingerprint density at radius 2 is 1.68 bits per heavy atom. The Kier molecular flexibility index (Phi) is 4.47. The lowest BCUT2D eigenvalue weighted by molar-refractivity contribution is 0.508. The van der Waals surface area contributed by atoms with Crippen molar-refractivity contribution < 1.29 is 8.78 Å². The summed E-state index contributed by atoms with van der Waals surface area (Å²) in [4.78, 5) is 1.93. The molecule has 0 aliphatic carbocycles. The Morgan fingerprint density at radius 3 is 2.32 bits per heavy atom. The van der Waals surface area contributed by atoms with Crippen molar-refractivity contribution in [2.45, 2.75) is 6.54 Å². The first kappa shape index (κ1) is 13.5. The van der Waals surface area contributed by atoms with Crippen molar-refractivity contribution >= 4 is 5.69 Å². The van der Waals surface area contributed by atoms with Crippen LogP contribution >= 0.6 is 0 Å². The van der Waals surface area contributed by atoms with Gasteiger partial charge in [-0.2, -0.15) is 0 Å². The van der Waals surface area contributed by atoms with E-state index < -0.39 is 11.6 Å². The minimum Gasteiger partial charge on any atom is -0.366 e. The second kappa shape index (κ2) is 6.29. The van der Waals surface area contributed by atoms with Gasteiger partial charge in [-0.3, -0.25) is 0 Å². The lowest BCUT2D eigenvalue weighted by Gasteiger charge is -2.24. The highest BCUT2D eigenvalue weighted by Gasteiger charge is 2.09. The predicted molar refractivity (Wildman–Crippen MR) is 72.9 cm³/mol. The van der Waals surface area contributed by atoms with Gasteiger partial charge >= 0.3 is 0 Å². The summed E-state index contributed by atoms with van der Waals surface area (Å²) in [6.45, 7) is 1.65. The largest absolute Gasteiger partial charge is 0.366 e. The molecule has 19 heavy (non-hydrogen) atoms. The molecule has 0 radical (unpaired) electrons. The Balaban J connectivity index is 2.21. The third-order valence-electron chi connectivity index (χ3n) is 2.88. The van der Waals surface area contributed by atoms with Gasteiger partial charge in [0, 0.05) is 31.4 Å². The predicted octanol–water partition coefficient (Wildman–Crippen LogP) is 2.93. The van der Waals surface area contributed by atoms with E-state index in [0.717, 1.165) is 11.6 Å². The van der Waals surface area contributed by atoms with Crippen LogP contribution in [0.3, 0.4) is 0 Å². The second-order valence-electron chi connectivity index (χ2n) is 4.29. The van der Waals surface area contributed by atoms with E-state index in [1.807, 2.05) is 35.2 Å². The van der Waals surface area contributed by atoms with E-state index in [1.54, 1.807) is 6.07 Å². The minimum absolute atomic E-state index is 0.450. The molecule has 0 heterocycles.